The predicted molar refractivity (Wildman–Crippen MR) is 85.9 cm³/mol. The van der Waals surface area contributed by atoms with Crippen LogP contribution in [0.2, 0.25) is 0 Å². The third-order valence-electron chi connectivity index (χ3n) is 2.94. The second-order valence-electron chi connectivity index (χ2n) is 4.35. The molecule has 4 heteroatoms. The number of amides is 1. The maximum absolute atomic E-state index is 12.3. The topological polar surface area (TPSA) is 41.1 Å². The summed E-state index contributed by atoms with van der Waals surface area (Å²) in [7, 11) is 0. The number of anilines is 1. The number of halogens is 1. The average molecular weight is 333 g/mol. The summed E-state index contributed by atoms with van der Waals surface area (Å²) in [6.45, 7) is 3.30. The molecule has 3 nitrogen and oxygen atoms in total. The SMILES string of the molecule is CCNc1ccccc1C(=O)NCc1ccccc1Br. The van der Waals surface area contributed by atoms with Crippen molar-refractivity contribution in [3.05, 3.63) is 64.1 Å². The monoisotopic (exact) mass is 332 g/mol. The summed E-state index contributed by atoms with van der Waals surface area (Å²) in [4.78, 5) is 12.3. The molecule has 1 amide bonds. The zero-order valence-corrected chi connectivity index (χ0v) is 12.9. The molecule has 0 unspecified atom stereocenters. The van der Waals surface area contributed by atoms with E-state index in [2.05, 4.69) is 26.6 Å². The molecule has 0 aliphatic heterocycles. The summed E-state index contributed by atoms with van der Waals surface area (Å²) in [6.07, 6.45) is 0. The van der Waals surface area contributed by atoms with Gasteiger partial charge in [0.05, 0.1) is 5.56 Å². The van der Waals surface area contributed by atoms with Crippen LogP contribution in [0.5, 0.6) is 0 Å². The van der Waals surface area contributed by atoms with Gasteiger partial charge in [-0.2, -0.15) is 0 Å². The molecule has 0 spiro atoms. The van der Waals surface area contributed by atoms with E-state index in [9.17, 15) is 4.79 Å². The van der Waals surface area contributed by atoms with E-state index < -0.39 is 0 Å². The zero-order chi connectivity index (χ0) is 14.4. The smallest absolute Gasteiger partial charge is 0.253 e. The molecule has 20 heavy (non-hydrogen) atoms. The van der Waals surface area contributed by atoms with Crippen LogP contribution in [0.4, 0.5) is 5.69 Å². The number of rotatable bonds is 5. The molecule has 0 aromatic heterocycles. The van der Waals surface area contributed by atoms with E-state index in [0.29, 0.717) is 12.1 Å². The number of hydrogen-bond donors (Lipinski definition) is 2. The highest BCUT2D eigenvalue weighted by Crippen LogP contribution is 2.17. The van der Waals surface area contributed by atoms with Gasteiger partial charge < -0.3 is 10.6 Å². The molecule has 0 saturated carbocycles. The molecule has 0 fully saturated rings. The second-order valence-corrected chi connectivity index (χ2v) is 5.20. The van der Waals surface area contributed by atoms with Gasteiger partial charge in [-0.25, -0.2) is 0 Å². The third kappa shape index (κ3) is 3.61. The maximum atomic E-state index is 12.3. The summed E-state index contributed by atoms with van der Waals surface area (Å²) in [5.41, 5.74) is 2.59. The molecule has 0 bridgehead atoms. The van der Waals surface area contributed by atoms with E-state index in [1.807, 2.05) is 55.5 Å². The molecule has 0 radical (unpaired) electrons. The quantitative estimate of drug-likeness (QED) is 0.874. The van der Waals surface area contributed by atoms with Crippen molar-refractivity contribution in [3.8, 4) is 0 Å². The number of para-hydroxylation sites is 1. The molecule has 0 aliphatic carbocycles. The van der Waals surface area contributed by atoms with Crippen LogP contribution in [0.1, 0.15) is 22.8 Å². The Bertz CT molecular complexity index is 599. The van der Waals surface area contributed by atoms with Gasteiger partial charge in [0.15, 0.2) is 0 Å². The molecule has 0 aliphatic rings. The second kappa shape index (κ2) is 7.10. The van der Waals surface area contributed by atoms with Gasteiger partial charge in [0.1, 0.15) is 0 Å². The fourth-order valence-corrected chi connectivity index (χ4v) is 2.36. The van der Waals surface area contributed by atoms with E-state index in [4.69, 9.17) is 0 Å². The number of carbonyl (C=O) groups is 1. The van der Waals surface area contributed by atoms with Crippen LogP contribution in [0.15, 0.2) is 53.0 Å². The number of nitrogens with one attached hydrogen (secondary N) is 2. The molecule has 0 saturated heterocycles. The zero-order valence-electron chi connectivity index (χ0n) is 11.3. The lowest BCUT2D eigenvalue weighted by molar-refractivity contribution is 0.0951. The van der Waals surface area contributed by atoms with Crippen molar-refractivity contribution in [2.24, 2.45) is 0 Å². The van der Waals surface area contributed by atoms with Gasteiger partial charge in [0, 0.05) is 23.2 Å². The number of benzene rings is 2. The van der Waals surface area contributed by atoms with Gasteiger partial charge in [-0.3, -0.25) is 4.79 Å². The molecule has 104 valence electrons. The van der Waals surface area contributed by atoms with Crippen LogP contribution in [-0.2, 0) is 6.54 Å². The Hall–Kier alpha value is -1.81. The molecule has 0 heterocycles. The predicted octanol–water partition coefficient (Wildman–Crippen LogP) is 3.81. The van der Waals surface area contributed by atoms with Crippen molar-refractivity contribution >= 4 is 27.5 Å². The fourth-order valence-electron chi connectivity index (χ4n) is 1.94. The molecule has 2 aromatic carbocycles. The Morgan fingerprint density at radius 1 is 1.10 bits per heavy atom. The van der Waals surface area contributed by atoms with Crippen LogP contribution in [0.3, 0.4) is 0 Å². The minimum atomic E-state index is -0.0719. The van der Waals surface area contributed by atoms with E-state index >= 15 is 0 Å². The van der Waals surface area contributed by atoms with Crippen LogP contribution in [0, 0.1) is 0 Å². The largest absolute Gasteiger partial charge is 0.385 e. The molecule has 2 rings (SSSR count). The summed E-state index contributed by atoms with van der Waals surface area (Å²) >= 11 is 3.48. The Balaban J connectivity index is 2.07. The van der Waals surface area contributed by atoms with Crippen LogP contribution in [0.25, 0.3) is 0 Å². The molecule has 2 aromatic rings. The maximum Gasteiger partial charge on any atom is 0.253 e. The first-order valence-electron chi connectivity index (χ1n) is 6.57. The lowest BCUT2D eigenvalue weighted by Crippen LogP contribution is -2.24. The van der Waals surface area contributed by atoms with Crippen molar-refractivity contribution in [2.75, 3.05) is 11.9 Å². The van der Waals surface area contributed by atoms with Crippen molar-refractivity contribution < 1.29 is 4.79 Å². The first-order chi connectivity index (χ1) is 9.72. The van der Waals surface area contributed by atoms with Crippen molar-refractivity contribution in [2.45, 2.75) is 13.5 Å². The van der Waals surface area contributed by atoms with Gasteiger partial charge in [-0.05, 0) is 30.7 Å². The summed E-state index contributed by atoms with van der Waals surface area (Å²) < 4.78 is 1.00. The van der Waals surface area contributed by atoms with E-state index in [1.54, 1.807) is 0 Å². The number of carbonyl (C=O) groups excluding carboxylic acids is 1. The molecule has 0 atom stereocenters. The van der Waals surface area contributed by atoms with Crippen molar-refractivity contribution in [3.63, 3.8) is 0 Å². The van der Waals surface area contributed by atoms with E-state index in [1.165, 1.54) is 0 Å². The highest BCUT2D eigenvalue weighted by Gasteiger charge is 2.10. The van der Waals surface area contributed by atoms with Crippen molar-refractivity contribution in [1.29, 1.82) is 0 Å². The fraction of sp³-hybridized carbons (Fsp3) is 0.188. The van der Waals surface area contributed by atoms with Crippen LogP contribution in [-0.4, -0.2) is 12.5 Å². The minimum Gasteiger partial charge on any atom is -0.385 e. The van der Waals surface area contributed by atoms with Gasteiger partial charge in [0.25, 0.3) is 5.91 Å². The Morgan fingerprint density at radius 2 is 1.80 bits per heavy atom. The minimum absolute atomic E-state index is 0.0719. The molecule has 2 N–H and O–H groups in total. The highest BCUT2D eigenvalue weighted by atomic mass is 79.9. The highest BCUT2D eigenvalue weighted by molar-refractivity contribution is 9.10. The van der Waals surface area contributed by atoms with Crippen LogP contribution >= 0.6 is 15.9 Å². The molecular weight excluding hydrogens is 316 g/mol. The molecular formula is C16H17BrN2O. The lowest BCUT2D eigenvalue weighted by Gasteiger charge is -2.11. The van der Waals surface area contributed by atoms with Gasteiger partial charge in [-0.1, -0.05) is 46.3 Å². The summed E-state index contributed by atoms with van der Waals surface area (Å²) in [5.74, 6) is -0.0719. The van der Waals surface area contributed by atoms with Crippen molar-refractivity contribution in [1.82, 2.24) is 5.32 Å². The Morgan fingerprint density at radius 3 is 2.55 bits per heavy atom. The van der Waals surface area contributed by atoms with E-state index in [-0.39, 0.29) is 5.91 Å². The first-order valence-corrected chi connectivity index (χ1v) is 7.36. The number of hydrogen-bond acceptors (Lipinski definition) is 2. The standard InChI is InChI=1S/C16H17BrN2O/c1-2-18-15-10-6-4-8-13(15)16(20)19-11-12-7-3-5-9-14(12)17/h3-10,18H,2,11H2,1H3,(H,19,20). The van der Waals surface area contributed by atoms with Crippen LogP contribution < -0.4 is 10.6 Å². The van der Waals surface area contributed by atoms with Gasteiger partial charge >= 0.3 is 0 Å². The Kier molecular flexibility index (Phi) is 5.18. The normalized spacial score (nSPS) is 10.1. The summed E-state index contributed by atoms with van der Waals surface area (Å²) in [5, 5.41) is 6.14. The Labute approximate surface area is 127 Å². The third-order valence-corrected chi connectivity index (χ3v) is 3.71. The van der Waals surface area contributed by atoms with E-state index in [0.717, 1.165) is 22.3 Å². The summed E-state index contributed by atoms with van der Waals surface area (Å²) in [6, 6.07) is 15.4. The first kappa shape index (κ1) is 14.6. The van der Waals surface area contributed by atoms with Gasteiger partial charge in [-0.15, -0.1) is 0 Å². The van der Waals surface area contributed by atoms with Gasteiger partial charge in [0.2, 0.25) is 0 Å². The average Bonchev–Trinajstić information content (AvgIpc) is 2.47. The lowest BCUT2D eigenvalue weighted by atomic mass is 10.1.